The van der Waals surface area contributed by atoms with Crippen LogP contribution in [0.15, 0.2) is 22.7 Å². The van der Waals surface area contributed by atoms with Crippen molar-refractivity contribution in [3.05, 3.63) is 28.2 Å². The van der Waals surface area contributed by atoms with Gasteiger partial charge in [-0.1, -0.05) is 28.9 Å². The van der Waals surface area contributed by atoms with Crippen LogP contribution in [0.5, 0.6) is 0 Å². The highest BCUT2D eigenvalue weighted by atomic mass is 79.9. The summed E-state index contributed by atoms with van der Waals surface area (Å²) in [5.74, 6) is 1.21. The largest absolute Gasteiger partial charge is 0.372 e. The van der Waals surface area contributed by atoms with E-state index in [0.29, 0.717) is 12.1 Å². The maximum atomic E-state index is 3.74. The Labute approximate surface area is 143 Å². The van der Waals surface area contributed by atoms with Crippen LogP contribution in [0.3, 0.4) is 0 Å². The topological polar surface area (TPSA) is 15.3 Å². The Morgan fingerprint density at radius 2 is 2.05 bits per heavy atom. The van der Waals surface area contributed by atoms with Crippen molar-refractivity contribution in [3.8, 4) is 0 Å². The highest BCUT2D eigenvalue weighted by Crippen LogP contribution is 2.29. The van der Waals surface area contributed by atoms with Crippen LogP contribution in [0, 0.1) is 0 Å². The fourth-order valence-corrected chi connectivity index (χ4v) is 3.58. The van der Waals surface area contributed by atoms with Gasteiger partial charge in [-0.15, -0.1) is 0 Å². The maximum Gasteiger partial charge on any atom is 0.0377 e. The average Bonchev–Trinajstić information content (AvgIpc) is 2.49. The Morgan fingerprint density at radius 1 is 1.33 bits per heavy atom. The van der Waals surface area contributed by atoms with Gasteiger partial charge < -0.3 is 10.2 Å². The summed E-state index contributed by atoms with van der Waals surface area (Å²) in [7, 11) is 2.19. The molecular weight excluding hydrogens is 344 g/mol. The second-order valence-electron chi connectivity index (χ2n) is 5.62. The number of anilines is 1. The molecule has 0 radical (unpaired) electrons. The molecule has 2 nitrogen and oxygen atoms in total. The Morgan fingerprint density at radius 3 is 2.62 bits per heavy atom. The van der Waals surface area contributed by atoms with Crippen molar-refractivity contribution >= 4 is 33.4 Å². The molecule has 0 heterocycles. The van der Waals surface area contributed by atoms with Crippen LogP contribution >= 0.6 is 27.7 Å². The number of hydrogen-bond donors (Lipinski definition) is 1. The summed E-state index contributed by atoms with van der Waals surface area (Å²) in [4.78, 5) is 2.37. The summed E-state index contributed by atoms with van der Waals surface area (Å²) in [6, 6.07) is 7.66. The molecule has 0 aliphatic heterocycles. The molecule has 0 saturated carbocycles. The van der Waals surface area contributed by atoms with Gasteiger partial charge in [0.15, 0.2) is 0 Å². The number of thioether (sulfide) groups is 1. The van der Waals surface area contributed by atoms with E-state index >= 15 is 0 Å². The van der Waals surface area contributed by atoms with E-state index in [4.69, 9.17) is 0 Å². The fourth-order valence-electron chi connectivity index (χ4n) is 2.29. The quantitative estimate of drug-likeness (QED) is 0.649. The first-order valence-corrected chi connectivity index (χ1v) is 9.94. The summed E-state index contributed by atoms with van der Waals surface area (Å²) in [6.07, 6.45) is 4.55. The molecule has 0 amide bonds. The minimum absolute atomic E-state index is 0.382. The van der Waals surface area contributed by atoms with Gasteiger partial charge in [0.25, 0.3) is 0 Å². The number of rotatable bonds is 9. The Balaban J connectivity index is 2.76. The lowest BCUT2D eigenvalue weighted by Gasteiger charge is -2.28. The number of hydrogen-bond acceptors (Lipinski definition) is 3. The molecule has 1 aromatic carbocycles. The predicted molar refractivity (Wildman–Crippen MR) is 102 cm³/mol. The van der Waals surface area contributed by atoms with E-state index in [-0.39, 0.29) is 0 Å². The normalized spacial score (nSPS) is 14.0. The SMILES string of the molecule is CCCNC(C)c1ccc(N(C)C(C)CCSC)cc1Br. The molecule has 0 saturated heterocycles. The van der Waals surface area contributed by atoms with Crippen molar-refractivity contribution in [3.63, 3.8) is 0 Å². The Hall–Kier alpha value is -0.190. The molecular formula is C17H29BrN2S. The zero-order valence-corrected chi connectivity index (χ0v) is 16.4. The van der Waals surface area contributed by atoms with Gasteiger partial charge in [-0.3, -0.25) is 0 Å². The zero-order valence-electron chi connectivity index (χ0n) is 13.9. The monoisotopic (exact) mass is 372 g/mol. The maximum absolute atomic E-state index is 3.74. The van der Waals surface area contributed by atoms with Crippen LogP contribution in [0.4, 0.5) is 5.69 Å². The van der Waals surface area contributed by atoms with Crippen LogP contribution in [-0.4, -0.2) is 31.6 Å². The molecule has 0 aromatic heterocycles. The molecule has 120 valence electrons. The first-order chi connectivity index (χ1) is 10.0. The average molecular weight is 373 g/mol. The number of halogens is 1. The van der Waals surface area contributed by atoms with Gasteiger partial charge in [-0.2, -0.15) is 11.8 Å². The molecule has 21 heavy (non-hydrogen) atoms. The van der Waals surface area contributed by atoms with Gasteiger partial charge in [-0.25, -0.2) is 0 Å². The highest BCUT2D eigenvalue weighted by molar-refractivity contribution is 9.10. The number of nitrogens with one attached hydrogen (secondary N) is 1. The van der Waals surface area contributed by atoms with Crippen molar-refractivity contribution in [2.45, 2.75) is 45.7 Å². The van der Waals surface area contributed by atoms with Crippen LogP contribution in [0.1, 0.15) is 45.2 Å². The zero-order chi connectivity index (χ0) is 15.8. The van der Waals surface area contributed by atoms with Crippen LogP contribution < -0.4 is 10.2 Å². The summed E-state index contributed by atoms with van der Waals surface area (Å²) in [5.41, 5.74) is 2.61. The molecule has 4 heteroatoms. The highest BCUT2D eigenvalue weighted by Gasteiger charge is 2.13. The molecule has 1 aromatic rings. The standard InChI is InChI=1S/C17H29BrN2S/c1-6-10-19-14(3)16-8-7-15(12-17(16)18)20(4)13(2)9-11-21-5/h7-8,12-14,19H,6,9-11H2,1-5H3. The van der Waals surface area contributed by atoms with E-state index in [1.807, 2.05) is 11.8 Å². The van der Waals surface area contributed by atoms with E-state index < -0.39 is 0 Å². The molecule has 2 atom stereocenters. The molecule has 0 fully saturated rings. The molecule has 1 rings (SSSR count). The third-order valence-electron chi connectivity index (χ3n) is 3.96. The van der Waals surface area contributed by atoms with E-state index in [0.717, 1.165) is 13.0 Å². The van der Waals surface area contributed by atoms with Crippen molar-refractivity contribution in [1.29, 1.82) is 0 Å². The van der Waals surface area contributed by atoms with Gasteiger partial charge >= 0.3 is 0 Å². The van der Waals surface area contributed by atoms with Crippen molar-refractivity contribution < 1.29 is 0 Å². The molecule has 0 aliphatic carbocycles. The molecule has 0 spiro atoms. The van der Waals surface area contributed by atoms with Gasteiger partial charge in [0.1, 0.15) is 0 Å². The van der Waals surface area contributed by atoms with Crippen LogP contribution in [0.2, 0.25) is 0 Å². The second-order valence-corrected chi connectivity index (χ2v) is 7.46. The Kier molecular flexibility index (Phi) is 8.76. The van der Waals surface area contributed by atoms with Crippen LogP contribution in [-0.2, 0) is 0 Å². The lowest BCUT2D eigenvalue weighted by atomic mass is 10.1. The third-order valence-corrected chi connectivity index (χ3v) is 5.29. The number of benzene rings is 1. The first kappa shape index (κ1) is 18.9. The van der Waals surface area contributed by atoms with E-state index in [1.165, 1.54) is 27.9 Å². The van der Waals surface area contributed by atoms with Gasteiger partial charge in [0.05, 0.1) is 0 Å². The first-order valence-electron chi connectivity index (χ1n) is 7.75. The van der Waals surface area contributed by atoms with E-state index in [1.54, 1.807) is 0 Å². The third kappa shape index (κ3) is 5.84. The van der Waals surface area contributed by atoms with E-state index in [2.05, 4.69) is 78.4 Å². The van der Waals surface area contributed by atoms with Gasteiger partial charge in [0, 0.05) is 29.3 Å². The summed E-state index contributed by atoms with van der Waals surface area (Å²) < 4.78 is 1.19. The lowest BCUT2D eigenvalue weighted by molar-refractivity contribution is 0.569. The van der Waals surface area contributed by atoms with Gasteiger partial charge in [-0.05, 0) is 62.9 Å². The fraction of sp³-hybridized carbons (Fsp3) is 0.647. The van der Waals surface area contributed by atoms with Crippen molar-refractivity contribution in [2.75, 3.05) is 30.5 Å². The summed E-state index contributed by atoms with van der Waals surface area (Å²) in [6.45, 7) is 7.77. The minimum Gasteiger partial charge on any atom is -0.372 e. The Bertz CT molecular complexity index is 425. The predicted octanol–water partition coefficient (Wildman–Crippen LogP) is 5.09. The van der Waals surface area contributed by atoms with Crippen LogP contribution in [0.25, 0.3) is 0 Å². The lowest BCUT2D eigenvalue weighted by Crippen LogP contribution is -2.29. The second kappa shape index (κ2) is 9.75. The molecule has 2 unspecified atom stereocenters. The number of nitrogens with zero attached hydrogens (tertiary/aromatic N) is 1. The summed E-state index contributed by atoms with van der Waals surface area (Å²) >= 11 is 5.65. The van der Waals surface area contributed by atoms with Crippen molar-refractivity contribution in [1.82, 2.24) is 5.32 Å². The summed E-state index contributed by atoms with van der Waals surface area (Å²) in [5, 5.41) is 3.54. The smallest absolute Gasteiger partial charge is 0.0377 e. The van der Waals surface area contributed by atoms with Crippen molar-refractivity contribution in [2.24, 2.45) is 0 Å². The molecule has 0 bridgehead atoms. The van der Waals surface area contributed by atoms with E-state index in [9.17, 15) is 0 Å². The van der Waals surface area contributed by atoms with Gasteiger partial charge in [0.2, 0.25) is 0 Å². The molecule has 0 aliphatic rings. The molecule has 1 N–H and O–H groups in total. The minimum atomic E-state index is 0.382.